The largest absolute Gasteiger partial charge is 0.479 e. The van der Waals surface area contributed by atoms with Crippen LogP contribution in [0.25, 0.3) is 0 Å². The normalized spacial score (nSPS) is 13.1. The van der Waals surface area contributed by atoms with Gasteiger partial charge in [-0.2, -0.15) is 5.10 Å². The zero-order chi connectivity index (χ0) is 12.3. The fourth-order valence-corrected chi connectivity index (χ4v) is 1.75. The average Bonchev–Trinajstić information content (AvgIpc) is 2.55. The number of aromatic nitrogens is 2. The van der Waals surface area contributed by atoms with Gasteiger partial charge < -0.3 is 15.1 Å². The average molecular weight is 292 g/mol. The van der Waals surface area contributed by atoms with E-state index in [4.69, 9.17) is 5.11 Å². The van der Waals surface area contributed by atoms with Crippen molar-refractivity contribution < 1.29 is 15.0 Å². The molecule has 0 aromatic carbocycles. The molecule has 1 heterocycles. The molecule has 0 spiro atoms. The second-order valence-corrected chi connectivity index (χ2v) is 4.50. The molecular formula is C9H14BrN3O3. The highest BCUT2D eigenvalue weighted by Crippen LogP contribution is 2.23. The van der Waals surface area contributed by atoms with Crippen molar-refractivity contribution in [3.8, 4) is 0 Å². The maximum atomic E-state index is 10.7. The molecule has 0 fully saturated rings. The first kappa shape index (κ1) is 13.1. The first-order chi connectivity index (χ1) is 7.43. The van der Waals surface area contributed by atoms with Crippen LogP contribution in [-0.4, -0.2) is 51.5 Å². The number of likely N-dealkylation sites (N-methyl/N-ethyl adjacent to an activating group) is 1. The molecule has 1 aromatic heterocycles. The van der Waals surface area contributed by atoms with Crippen LogP contribution in [0.1, 0.15) is 11.8 Å². The quantitative estimate of drug-likeness (QED) is 0.817. The third-order valence-corrected chi connectivity index (χ3v) is 2.70. The molecule has 6 nitrogen and oxygen atoms in total. The summed E-state index contributed by atoms with van der Waals surface area (Å²) in [5.41, 5.74) is 0.273. The number of hydrogen-bond donors (Lipinski definition) is 2. The molecule has 1 aromatic rings. The number of hydrogen-bond acceptors (Lipinski definition) is 4. The maximum absolute atomic E-state index is 10.7. The number of carbonyl (C=O) groups is 1. The predicted molar refractivity (Wildman–Crippen MR) is 61.1 cm³/mol. The minimum absolute atomic E-state index is 0.273. The Morgan fingerprint density at radius 1 is 1.69 bits per heavy atom. The summed E-state index contributed by atoms with van der Waals surface area (Å²) >= 11 is 3.17. The molecule has 2 N–H and O–H groups in total. The minimum Gasteiger partial charge on any atom is -0.479 e. The Labute approximate surface area is 102 Å². The van der Waals surface area contributed by atoms with Crippen molar-refractivity contribution in [1.29, 1.82) is 0 Å². The van der Waals surface area contributed by atoms with Gasteiger partial charge >= 0.3 is 5.97 Å². The molecule has 1 atom stereocenters. The van der Waals surface area contributed by atoms with Crippen molar-refractivity contribution >= 4 is 21.9 Å². The second kappa shape index (κ2) is 5.42. The summed E-state index contributed by atoms with van der Waals surface area (Å²) in [4.78, 5) is 12.7. The Morgan fingerprint density at radius 2 is 2.31 bits per heavy atom. The summed E-state index contributed by atoms with van der Waals surface area (Å²) < 4.78 is 1.99. The number of carboxylic acid groups (broad SMARTS) is 1. The monoisotopic (exact) mass is 291 g/mol. The van der Waals surface area contributed by atoms with E-state index in [0.29, 0.717) is 17.6 Å². The van der Waals surface area contributed by atoms with E-state index < -0.39 is 12.1 Å². The molecule has 1 unspecified atom stereocenters. The Kier molecular flexibility index (Phi) is 4.45. The van der Waals surface area contributed by atoms with Gasteiger partial charge in [-0.15, -0.1) is 0 Å². The highest BCUT2D eigenvalue weighted by atomic mass is 79.9. The minimum atomic E-state index is -1.56. The standard InChI is InChI=1S/C9H14BrN3O3/c1-12(2)3-4-13-7(6(10)5-11-13)8(14)9(15)16/h5,8,14H,3-4H2,1-2H3,(H,15,16). The molecule has 0 aliphatic carbocycles. The summed E-state index contributed by atoms with van der Waals surface area (Å²) in [6.45, 7) is 1.24. The van der Waals surface area contributed by atoms with Crippen LogP contribution >= 0.6 is 15.9 Å². The smallest absolute Gasteiger partial charge is 0.338 e. The number of halogens is 1. The Balaban J connectivity index is 2.89. The van der Waals surface area contributed by atoms with E-state index in [-0.39, 0.29) is 5.69 Å². The van der Waals surface area contributed by atoms with Crippen LogP contribution in [0.15, 0.2) is 10.7 Å². The fourth-order valence-electron chi connectivity index (χ4n) is 1.23. The van der Waals surface area contributed by atoms with Crippen molar-refractivity contribution in [1.82, 2.24) is 14.7 Å². The van der Waals surface area contributed by atoms with Crippen LogP contribution in [0.5, 0.6) is 0 Å². The second-order valence-electron chi connectivity index (χ2n) is 3.64. The third kappa shape index (κ3) is 3.03. The molecule has 90 valence electrons. The van der Waals surface area contributed by atoms with E-state index in [1.807, 2.05) is 19.0 Å². The summed E-state index contributed by atoms with van der Waals surface area (Å²) in [6, 6.07) is 0. The van der Waals surface area contributed by atoms with Gasteiger partial charge in [0.1, 0.15) is 0 Å². The van der Waals surface area contributed by atoms with Crippen molar-refractivity contribution in [3.05, 3.63) is 16.4 Å². The molecule has 7 heteroatoms. The lowest BCUT2D eigenvalue weighted by Gasteiger charge is -2.13. The van der Waals surface area contributed by atoms with E-state index in [1.54, 1.807) is 0 Å². The molecule has 0 saturated heterocycles. The van der Waals surface area contributed by atoms with Crippen molar-refractivity contribution in [3.63, 3.8) is 0 Å². The molecule has 1 rings (SSSR count). The molecule has 0 saturated carbocycles. The Hall–Kier alpha value is -0.920. The molecule has 0 aliphatic heterocycles. The Morgan fingerprint density at radius 3 is 2.81 bits per heavy atom. The number of aliphatic hydroxyl groups is 1. The van der Waals surface area contributed by atoms with Gasteiger partial charge in [0, 0.05) is 6.54 Å². The topological polar surface area (TPSA) is 78.6 Å². The third-order valence-electron chi connectivity index (χ3n) is 2.09. The van der Waals surface area contributed by atoms with Gasteiger partial charge in [0.05, 0.1) is 22.9 Å². The van der Waals surface area contributed by atoms with E-state index in [1.165, 1.54) is 10.9 Å². The lowest BCUT2D eigenvalue weighted by molar-refractivity contribution is -0.147. The summed E-state index contributed by atoms with van der Waals surface area (Å²) in [5.74, 6) is -1.28. The summed E-state index contributed by atoms with van der Waals surface area (Å²) in [5, 5.41) is 22.3. The van der Waals surface area contributed by atoms with Gasteiger partial charge in [-0.3, -0.25) is 4.68 Å². The number of aliphatic carboxylic acids is 1. The van der Waals surface area contributed by atoms with E-state index in [0.717, 1.165) is 0 Å². The van der Waals surface area contributed by atoms with Crippen molar-refractivity contribution in [2.75, 3.05) is 20.6 Å². The SMILES string of the molecule is CN(C)CCn1ncc(Br)c1C(O)C(=O)O. The van der Waals surface area contributed by atoms with Gasteiger partial charge in [-0.05, 0) is 30.0 Å². The van der Waals surface area contributed by atoms with Crippen molar-refractivity contribution in [2.24, 2.45) is 0 Å². The van der Waals surface area contributed by atoms with Gasteiger partial charge in [-0.25, -0.2) is 4.79 Å². The Bertz CT molecular complexity index is 378. The van der Waals surface area contributed by atoms with Crippen LogP contribution < -0.4 is 0 Å². The zero-order valence-corrected chi connectivity index (χ0v) is 10.7. The highest BCUT2D eigenvalue weighted by molar-refractivity contribution is 9.10. The molecule has 0 amide bonds. The zero-order valence-electron chi connectivity index (χ0n) is 9.09. The van der Waals surface area contributed by atoms with Crippen LogP contribution in [0, 0.1) is 0 Å². The number of aliphatic hydroxyl groups excluding tert-OH is 1. The molecule has 0 radical (unpaired) electrons. The van der Waals surface area contributed by atoms with E-state index >= 15 is 0 Å². The first-order valence-corrected chi connectivity index (χ1v) is 5.49. The van der Waals surface area contributed by atoms with E-state index in [9.17, 15) is 9.90 Å². The maximum Gasteiger partial charge on any atom is 0.338 e. The lowest BCUT2D eigenvalue weighted by atomic mass is 10.2. The molecule has 0 aliphatic rings. The van der Waals surface area contributed by atoms with Gasteiger partial charge in [-0.1, -0.05) is 0 Å². The van der Waals surface area contributed by atoms with Crippen LogP contribution in [0.3, 0.4) is 0 Å². The fraction of sp³-hybridized carbons (Fsp3) is 0.556. The van der Waals surface area contributed by atoms with Crippen LogP contribution in [-0.2, 0) is 11.3 Å². The van der Waals surface area contributed by atoms with Crippen molar-refractivity contribution in [2.45, 2.75) is 12.6 Å². The molecule has 16 heavy (non-hydrogen) atoms. The number of carboxylic acids is 1. The summed E-state index contributed by atoms with van der Waals surface area (Å²) in [6.07, 6.45) is -0.0732. The lowest BCUT2D eigenvalue weighted by Crippen LogP contribution is -2.23. The van der Waals surface area contributed by atoms with Crippen LogP contribution in [0.4, 0.5) is 0 Å². The number of rotatable bonds is 5. The highest BCUT2D eigenvalue weighted by Gasteiger charge is 2.23. The number of nitrogens with zero attached hydrogens (tertiary/aromatic N) is 3. The molecule has 0 bridgehead atoms. The first-order valence-electron chi connectivity index (χ1n) is 4.70. The van der Waals surface area contributed by atoms with Gasteiger partial charge in [0.2, 0.25) is 0 Å². The van der Waals surface area contributed by atoms with E-state index in [2.05, 4.69) is 21.0 Å². The van der Waals surface area contributed by atoms with Gasteiger partial charge in [0.25, 0.3) is 0 Å². The molecular weight excluding hydrogens is 278 g/mol. The predicted octanol–water partition coefficient (Wildman–Crippen LogP) is 0.325. The van der Waals surface area contributed by atoms with Gasteiger partial charge in [0.15, 0.2) is 6.10 Å². The summed E-state index contributed by atoms with van der Waals surface area (Å²) in [7, 11) is 3.82. The van der Waals surface area contributed by atoms with Crippen LogP contribution in [0.2, 0.25) is 0 Å².